The van der Waals surface area contributed by atoms with Crippen LogP contribution in [0.5, 0.6) is 5.75 Å². The van der Waals surface area contributed by atoms with E-state index in [0.29, 0.717) is 28.9 Å². The van der Waals surface area contributed by atoms with Gasteiger partial charge >= 0.3 is 0 Å². The molecule has 21 heavy (non-hydrogen) atoms. The molecule has 0 aliphatic carbocycles. The van der Waals surface area contributed by atoms with E-state index in [4.69, 9.17) is 34.4 Å². The molecule has 0 N–H and O–H groups in total. The third-order valence-corrected chi connectivity index (χ3v) is 3.66. The summed E-state index contributed by atoms with van der Waals surface area (Å²) >= 11 is 11.9. The molecule has 0 aliphatic rings. The van der Waals surface area contributed by atoms with Crippen molar-refractivity contribution in [2.24, 2.45) is 5.92 Å². The van der Waals surface area contributed by atoms with E-state index in [0.717, 1.165) is 25.4 Å². The summed E-state index contributed by atoms with van der Waals surface area (Å²) in [6.07, 6.45) is 7.78. The van der Waals surface area contributed by atoms with Crippen LogP contribution in [0.3, 0.4) is 0 Å². The van der Waals surface area contributed by atoms with Crippen molar-refractivity contribution >= 4 is 23.2 Å². The highest BCUT2D eigenvalue weighted by molar-refractivity contribution is 6.35. The second-order valence-electron chi connectivity index (χ2n) is 5.44. The van der Waals surface area contributed by atoms with Gasteiger partial charge in [0.15, 0.2) is 0 Å². The zero-order chi connectivity index (χ0) is 15.7. The molecule has 0 atom stereocenters. The maximum atomic E-state index is 6.07. The lowest BCUT2D eigenvalue weighted by Gasteiger charge is -2.20. The number of ether oxygens (including phenoxy) is 1. The number of hydrogen-bond donors (Lipinski definition) is 0. The molecule has 0 fully saturated rings. The molecular formula is C17H23Cl2NO. The van der Waals surface area contributed by atoms with Crippen LogP contribution in [-0.2, 0) is 0 Å². The van der Waals surface area contributed by atoms with Gasteiger partial charge in [-0.15, -0.1) is 6.42 Å². The highest BCUT2D eigenvalue weighted by Gasteiger charge is 2.06. The van der Waals surface area contributed by atoms with Crippen LogP contribution in [0.1, 0.15) is 26.7 Å². The minimum atomic E-state index is 0.533. The van der Waals surface area contributed by atoms with Gasteiger partial charge in [0.05, 0.1) is 11.6 Å². The molecule has 0 saturated carbocycles. The van der Waals surface area contributed by atoms with Crippen molar-refractivity contribution in [3.05, 3.63) is 28.2 Å². The summed E-state index contributed by atoms with van der Waals surface area (Å²) in [6, 6.07) is 5.24. The van der Waals surface area contributed by atoms with Crippen LogP contribution in [0.15, 0.2) is 18.2 Å². The minimum Gasteiger partial charge on any atom is -0.491 e. The normalized spacial score (nSPS) is 10.9. The lowest BCUT2D eigenvalue weighted by molar-refractivity contribution is 0.220. The highest BCUT2D eigenvalue weighted by Crippen LogP contribution is 2.27. The Bertz CT molecular complexity index is 468. The maximum absolute atomic E-state index is 6.07. The molecule has 0 heterocycles. The zero-order valence-corrected chi connectivity index (χ0v) is 14.3. The Morgan fingerprint density at radius 3 is 2.67 bits per heavy atom. The van der Waals surface area contributed by atoms with Gasteiger partial charge in [0.1, 0.15) is 12.4 Å². The first-order valence-electron chi connectivity index (χ1n) is 7.26. The van der Waals surface area contributed by atoms with Crippen molar-refractivity contribution in [3.8, 4) is 18.1 Å². The fourth-order valence-electron chi connectivity index (χ4n) is 2.00. The third-order valence-electron chi connectivity index (χ3n) is 3.13. The van der Waals surface area contributed by atoms with Gasteiger partial charge in [-0.2, -0.15) is 0 Å². The molecule has 0 spiro atoms. The molecule has 0 radical (unpaired) electrons. The quantitative estimate of drug-likeness (QED) is 0.607. The van der Waals surface area contributed by atoms with E-state index in [1.165, 1.54) is 6.42 Å². The lowest BCUT2D eigenvalue weighted by atomic mass is 10.1. The number of nitrogens with zero attached hydrogens (tertiary/aromatic N) is 1. The van der Waals surface area contributed by atoms with Gasteiger partial charge in [0.25, 0.3) is 0 Å². The first-order chi connectivity index (χ1) is 10.0. The van der Waals surface area contributed by atoms with Crippen molar-refractivity contribution in [2.75, 3.05) is 26.2 Å². The van der Waals surface area contributed by atoms with Crippen LogP contribution in [-0.4, -0.2) is 31.1 Å². The molecule has 0 saturated heterocycles. The van der Waals surface area contributed by atoms with Crippen LogP contribution < -0.4 is 4.74 Å². The molecule has 1 aromatic carbocycles. The Kier molecular flexibility index (Phi) is 8.61. The van der Waals surface area contributed by atoms with Crippen LogP contribution >= 0.6 is 23.2 Å². The molecule has 116 valence electrons. The predicted molar refractivity (Wildman–Crippen MR) is 91.3 cm³/mol. The van der Waals surface area contributed by atoms with E-state index in [1.54, 1.807) is 18.2 Å². The number of benzene rings is 1. The van der Waals surface area contributed by atoms with Gasteiger partial charge in [0, 0.05) is 11.6 Å². The number of hydrogen-bond acceptors (Lipinski definition) is 2. The van der Waals surface area contributed by atoms with E-state index < -0.39 is 0 Å². The van der Waals surface area contributed by atoms with Crippen molar-refractivity contribution in [1.82, 2.24) is 4.90 Å². The van der Waals surface area contributed by atoms with Gasteiger partial charge in [-0.3, -0.25) is 4.90 Å². The van der Waals surface area contributed by atoms with E-state index in [1.807, 2.05) is 0 Å². The molecule has 2 nitrogen and oxygen atoms in total. The van der Waals surface area contributed by atoms with Crippen LogP contribution in [0.25, 0.3) is 0 Å². The SMILES string of the molecule is C#CCN(CCCC(C)C)CCOc1ccc(Cl)cc1Cl. The zero-order valence-electron chi connectivity index (χ0n) is 12.7. The lowest BCUT2D eigenvalue weighted by Crippen LogP contribution is -2.30. The largest absolute Gasteiger partial charge is 0.491 e. The topological polar surface area (TPSA) is 12.5 Å². The van der Waals surface area contributed by atoms with Gasteiger partial charge in [-0.05, 0) is 43.5 Å². The standard InChI is InChI=1S/C17H23Cl2NO/c1-4-9-20(10-5-6-14(2)3)11-12-21-17-8-7-15(18)13-16(17)19/h1,7-8,13-14H,5-6,9-12H2,2-3H3. The monoisotopic (exact) mass is 327 g/mol. The predicted octanol–water partition coefficient (Wildman–Crippen LogP) is 4.74. The minimum absolute atomic E-state index is 0.533. The third kappa shape index (κ3) is 7.62. The summed E-state index contributed by atoms with van der Waals surface area (Å²) in [6.45, 7) is 7.47. The summed E-state index contributed by atoms with van der Waals surface area (Å²) in [5.74, 6) is 4.08. The maximum Gasteiger partial charge on any atom is 0.138 e. The van der Waals surface area contributed by atoms with Crippen LogP contribution in [0.2, 0.25) is 10.0 Å². The molecule has 0 unspecified atom stereocenters. The van der Waals surface area contributed by atoms with Gasteiger partial charge in [-0.1, -0.05) is 43.0 Å². The van der Waals surface area contributed by atoms with Crippen LogP contribution in [0, 0.1) is 18.3 Å². The summed E-state index contributed by atoms with van der Waals surface area (Å²) in [7, 11) is 0. The van der Waals surface area contributed by atoms with E-state index >= 15 is 0 Å². The summed E-state index contributed by atoms with van der Waals surface area (Å²) in [4.78, 5) is 2.23. The van der Waals surface area contributed by atoms with Crippen molar-refractivity contribution in [1.29, 1.82) is 0 Å². The Balaban J connectivity index is 2.37. The average Bonchev–Trinajstić information content (AvgIpc) is 2.40. The summed E-state index contributed by atoms with van der Waals surface area (Å²) in [5.41, 5.74) is 0. The molecular weight excluding hydrogens is 305 g/mol. The molecule has 0 aliphatic heterocycles. The smallest absolute Gasteiger partial charge is 0.138 e. The van der Waals surface area contributed by atoms with Gasteiger partial charge in [-0.25, -0.2) is 0 Å². The second-order valence-corrected chi connectivity index (χ2v) is 6.28. The average molecular weight is 328 g/mol. The summed E-state index contributed by atoms with van der Waals surface area (Å²) < 4.78 is 5.70. The van der Waals surface area contributed by atoms with E-state index in [9.17, 15) is 0 Å². The van der Waals surface area contributed by atoms with Gasteiger partial charge < -0.3 is 4.74 Å². The Morgan fingerprint density at radius 2 is 2.05 bits per heavy atom. The first kappa shape index (κ1) is 18.2. The Morgan fingerprint density at radius 1 is 1.29 bits per heavy atom. The molecule has 0 aromatic heterocycles. The molecule has 1 aromatic rings. The number of rotatable bonds is 9. The van der Waals surface area contributed by atoms with Crippen molar-refractivity contribution in [3.63, 3.8) is 0 Å². The molecule has 4 heteroatoms. The molecule has 0 amide bonds. The Hall–Kier alpha value is -0.880. The Labute approximate surface area is 138 Å². The molecule has 1 rings (SSSR count). The van der Waals surface area contributed by atoms with Crippen molar-refractivity contribution < 1.29 is 4.74 Å². The second kappa shape index (κ2) is 9.95. The number of terminal acetylenes is 1. The number of halogens is 2. The highest BCUT2D eigenvalue weighted by atomic mass is 35.5. The fraction of sp³-hybridized carbons (Fsp3) is 0.529. The van der Waals surface area contributed by atoms with Crippen LogP contribution in [0.4, 0.5) is 0 Å². The van der Waals surface area contributed by atoms with E-state index in [-0.39, 0.29) is 0 Å². The fourth-order valence-corrected chi connectivity index (χ4v) is 2.46. The van der Waals surface area contributed by atoms with Gasteiger partial charge in [0.2, 0.25) is 0 Å². The summed E-state index contributed by atoms with van der Waals surface area (Å²) in [5, 5.41) is 1.14. The van der Waals surface area contributed by atoms with E-state index in [2.05, 4.69) is 24.7 Å². The van der Waals surface area contributed by atoms with Crippen molar-refractivity contribution in [2.45, 2.75) is 26.7 Å². The molecule has 0 bridgehead atoms. The first-order valence-corrected chi connectivity index (χ1v) is 8.02.